The number of sulfonamides is 1. The van der Waals surface area contributed by atoms with Crippen LogP contribution in [0.25, 0.3) is 0 Å². The molecule has 1 saturated heterocycles. The van der Waals surface area contributed by atoms with Gasteiger partial charge in [0.2, 0.25) is 15.9 Å². The van der Waals surface area contributed by atoms with Crippen molar-refractivity contribution in [1.82, 2.24) is 14.7 Å². The Labute approximate surface area is 131 Å². The molecule has 1 aliphatic rings. The number of aromatic nitrogens is 2. The molecule has 1 aromatic heterocycles. The summed E-state index contributed by atoms with van der Waals surface area (Å²) in [5.41, 5.74) is 3.16. The van der Waals surface area contributed by atoms with E-state index in [0.29, 0.717) is 32.4 Å². The van der Waals surface area contributed by atoms with Gasteiger partial charge in [0.25, 0.3) is 0 Å². The van der Waals surface area contributed by atoms with Crippen molar-refractivity contribution in [3.63, 3.8) is 0 Å². The second-order valence-electron chi connectivity index (χ2n) is 6.10. The van der Waals surface area contributed by atoms with Crippen molar-refractivity contribution in [2.24, 2.45) is 18.1 Å². The summed E-state index contributed by atoms with van der Waals surface area (Å²) in [6, 6.07) is 0. The topological polar surface area (TPSA) is 98.3 Å². The van der Waals surface area contributed by atoms with E-state index in [-0.39, 0.29) is 17.6 Å². The van der Waals surface area contributed by atoms with Gasteiger partial charge in [-0.25, -0.2) is 13.6 Å². The van der Waals surface area contributed by atoms with Gasteiger partial charge in [0, 0.05) is 32.3 Å². The van der Waals surface area contributed by atoms with Crippen molar-refractivity contribution in [3.8, 4) is 0 Å². The SMILES string of the molecule is Cc1nn(C)c(C)c1CCC(=O)N1CC[C@H](CS(N)(=O)=O)C1. The first kappa shape index (κ1) is 17.0. The van der Waals surface area contributed by atoms with E-state index in [1.165, 1.54) is 0 Å². The molecule has 2 heterocycles. The van der Waals surface area contributed by atoms with Gasteiger partial charge in [0.1, 0.15) is 0 Å². The highest BCUT2D eigenvalue weighted by molar-refractivity contribution is 7.89. The lowest BCUT2D eigenvalue weighted by atomic mass is 10.1. The summed E-state index contributed by atoms with van der Waals surface area (Å²) in [5.74, 6) is -0.0159. The molecule has 0 radical (unpaired) electrons. The number of likely N-dealkylation sites (tertiary alicyclic amines) is 1. The minimum absolute atomic E-state index is 0.0409. The highest BCUT2D eigenvalue weighted by Gasteiger charge is 2.28. The number of hydrogen-bond donors (Lipinski definition) is 1. The Bertz CT molecular complexity index is 666. The second kappa shape index (κ2) is 6.37. The van der Waals surface area contributed by atoms with E-state index < -0.39 is 10.0 Å². The fraction of sp³-hybridized carbons (Fsp3) is 0.714. The van der Waals surface area contributed by atoms with Crippen molar-refractivity contribution in [1.29, 1.82) is 0 Å². The van der Waals surface area contributed by atoms with Crippen LogP contribution in [0.1, 0.15) is 29.8 Å². The summed E-state index contributed by atoms with van der Waals surface area (Å²) in [7, 11) is -1.57. The molecule has 0 unspecified atom stereocenters. The van der Waals surface area contributed by atoms with Crippen LogP contribution in [0.15, 0.2) is 0 Å². The summed E-state index contributed by atoms with van der Waals surface area (Å²) >= 11 is 0. The monoisotopic (exact) mass is 328 g/mol. The zero-order valence-corrected chi connectivity index (χ0v) is 14.2. The molecule has 0 aromatic carbocycles. The Morgan fingerprint density at radius 1 is 1.41 bits per heavy atom. The number of nitrogens with zero attached hydrogens (tertiary/aromatic N) is 3. The Morgan fingerprint density at radius 3 is 2.64 bits per heavy atom. The molecule has 0 bridgehead atoms. The van der Waals surface area contributed by atoms with E-state index in [1.807, 2.05) is 25.6 Å². The number of nitrogens with two attached hydrogens (primary N) is 1. The standard InChI is InChI=1S/C14H24N4O3S/c1-10-13(11(2)17(3)16-10)4-5-14(19)18-7-6-12(8-18)9-22(15,20)21/h12H,4-9H2,1-3H3,(H2,15,20,21)/t12-/m0/s1. The number of aryl methyl sites for hydroxylation is 2. The van der Waals surface area contributed by atoms with Gasteiger partial charge in [-0.1, -0.05) is 0 Å². The summed E-state index contributed by atoms with van der Waals surface area (Å²) < 4.78 is 24.1. The molecule has 1 atom stereocenters. The predicted octanol–water partition coefficient (Wildman–Crippen LogP) is 0.107. The first-order valence-electron chi connectivity index (χ1n) is 7.44. The molecular formula is C14H24N4O3S. The molecule has 7 nitrogen and oxygen atoms in total. The Hall–Kier alpha value is -1.41. The third-order valence-corrected chi connectivity index (χ3v) is 5.29. The quantitative estimate of drug-likeness (QED) is 0.829. The molecule has 1 amide bonds. The highest BCUT2D eigenvalue weighted by atomic mass is 32.2. The van der Waals surface area contributed by atoms with Crippen molar-refractivity contribution in [3.05, 3.63) is 17.0 Å². The van der Waals surface area contributed by atoms with Crippen LogP contribution in [0.5, 0.6) is 0 Å². The first-order valence-corrected chi connectivity index (χ1v) is 9.16. The predicted molar refractivity (Wildman–Crippen MR) is 83.7 cm³/mol. The van der Waals surface area contributed by atoms with Crippen LogP contribution in [-0.4, -0.2) is 47.8 Å². The van der Waals surface area contributed by atoms with Crippen molar-refractivity contribution in [2.45, 2.75) is 33.1 Å². The van der Waals surface area contributed by atoms with Crippen LogP contribution in [0.2, 0.25) is 0 Å². The number of primary sulfonamides is 1. The van der Waals surface area contributed by atoms with E-state index in [0.717, 1.165) is 17.0 Å². The number of amides is 1. The van der Waals surface area contributed by atoms with Gasteiger partial charge in [0.05, 0.1) is 11.4 Å². The zero-order chi connectivity index (χ0) is 16.5. The zero-order valence-electron chi connectivity index (χ0n) is 13.4. The van der Waals surface area contributed by atoms with Crippen LogP contribution in [0.4, 0.5) is 0 Å². The molecule has 8 heteroatoms. The molecule has 1 aromatic rings. The molecule has 1 fully saturated rings. The minimum atomic E-state index is -3.47. The summed E-state index contributed by atoms with van der Waals surface area (Å²) in [6.07, 6.45) is 1.79. The largest absolute Gasteiger partial charge is 0.342 e. The molecule has 0 saturated carbocycles. The van der Waals surface area contributed by atoms with Crippen LogP contribution in [-0.2, 0) is 28.3 Å². The van der Waals surface area contributed by atoms with Gasteiger partial charge >= 0.3 is 0 Å². The highest BCUT2D eigenvalue weighted by Crippen LogP contribution is 2.20. The minimum Gasteiger partial charge on any atom is -0.342 e. The Morgan fingerprint density at radius 2 is 2.09 bits per heavy atom. The lowest BCUT2D eigenvalue weighted by Crippen LogP contribution is -2.31. The van der Waals surface area contributed by atoms with Crippen LogP contribution >= 0.6 is 0 Å². The average Bonchev–Trinajstić information content (AvgIpc) is 2.92. The fourth-order valence-electron chi connectivity index (χ4n) is 3.09. The summed E-state index contributed by atoms with van der Waals surface area (Å²) in [6.45, 7) is 5.05. The summed E-state index contributed by atoms with van der Waals surface area (Å²) in [4.78, 5) is 14.0. The fourth-order valence-corrected chi connectivity index (χ4v) is 4.02. The maximum absolute atomic E-state index is 12.3. The molecular weight excluding hydrogens is 304 g/mol. The Kier molecular flexibility index (Phi) is 4.91. The van der Waals surface area contributed by atoms with E-state index >= 15 is 0 Å². The Balaban J connectivity index is 1.88. The number of hydrogen-bond acceptors (Lipinski definition) is 4. The number of rotatable bonds is 5. The molecule has 124 valence electrons. The van der Waals surface area contributed by atoms with E-state index in [2.05, 4.69) is 5.10 Å². The van der Waals surface area contributed by atoms with Crippen LogP contribution in [0.3, 0.4) is 0 Å². The molecule has 1 aliphatic heterocycles. The van der Waals surface area contributed by atoms with Gasteiger partial charge in [-0.2, -0.15) is 5.10 Å². The van der Waals surface area contributed by atoms with Gasteiger partial charge in [0.15, 0.2) is 0 Å². The normalized spacial score (nSPS) is 18.9. The number of carbonyl (C=O) groups excluding carboxylic acids is 1. The van der Waals surface area contributed by atoms with E-state index in [4.69, 9.17) is 5.14 Å². The van der Waals surface area contributed by atoms with E-state index in [1.54, 1.807) is 4.90 Å². The van der Waals surface area contributed by atoms with Crippen LogP contribution < -0.4 is 5.14 Å². The van der Waals surface area contributed by atoms with Crippen molar-refractivity contribution in [2.75, 3.05) is 18.8 Å². The van der Waals surface area contributed by atoms with Crippen LogP contribution in [0, 0.1) is 19.8 Å². The van der Waals surface area contributed by atoms with Gasteiger partial charge < -0.3 is 4.90 Å². The maximum Gasteiger partial charge on any atom is 0.222 e. The molecule has 22 heavy (non-hydrogen) atoms. The van der Waals surface area contributed by atoms with Crippen molar-refractivity contribution >= 4 is 15.9 Å². The third-order valence-electron chi connectivity index (χ3n) is 4.35. The number of carbonyl (C=O) groups is 1. The van der Waals surface area contributed by atoms with E-state index in [9.17, 15) is 13.2 Å². The van der Waals surface area contributed by atoms with Gasteiger partial charge in [-0.3, -0.25) is 9.48 Å². The second-order valence-corrected chi connectivity index (χ2v) is 7.76. The molecule has 2 N–H and O–H groups in total. The molecule has 2 rings (SSSR count). The first-order chi connectivity index (χ1) is 10.2. The third kappa shape index (κ3) is 4.07. The van der Waals surface area contributed by atoms with Gasteiger partial charge in [-0.05, 0) is 38.2 Å². The molecule has 0 aliphatic carbocycles. The maximum atomic E-state index is 12.3. The van der Waals surface area contributed by atoms with Crippen molar-refractivity contribution < 1.29 is 13.2 Å². The lowest BCUT2D eigenvalue weighted by molar-refractivity contribution is -0.130. The van der Waals surface area contributed by atoms with Gasteiger partial charge in [-0.15, -0.1) is 0 Å². The average molecular weight is 328 g/mol. The smallest absolute Gasteiger partial charge is 0.222 e. The molecule has 0 spiro atoms. The summed E-state index contributed by atoms with van der Waals surface area (Å²) in [5, 5.41) is 9.42. The lowest BCUT2D eigenvalue weighted by Gasteiger charge is -2.16.